The van der Waals surface area contributed by atoms with Gasteiger partial charge in [-0.15, -0.1) is 0 Å². The van der Waals surface area contributed by atoms with Gasteiger partial charge in [0.25, 0.3) is 10.0 Å². The Balaban J connectivity index is 1.29. The van der Waals surface area contributed by atoms with Crippen LogP contribution in [-0.4, -0.2) is 43.8 Å². The lowest BCUT2D eigenvalue weighted by atomic mass is 10.1. The van der Waals surface area contributed by atoms with Gasteiger partial charge in [-0.05, 0) is 49.3 Å². The van der Waals surface area contributed by atoms with E-state index in [2.05, 4.69) is 5.32 Å². The van der Waals surface area contributed by atoms with Crippen molar-refractivity contribution in [3.05, 3.63) is 72.3 Å². The molecule has 0 unspecified atom stereocenters. The largest absolute Gasteiger partial charge is 0.352 e. The lowest BCUT2D eigenvalue weighted by Crippen LogP contribution is -2.49. The van der Waals surface area contributed by atoms with Crippen LogP contribution < -0.4 is 9.62 Å². The number of carbonyl (C=O) groups is 2. The zero-order valence-electron chi connectivity index (χ0n) is 21.1. The highest BCUT2D eigenvalue weighted by Crippen LogP contribution is 2.42. The maximum Gasteiger partial charge on any atom is 0.265 e. The predicted octanol–water partition coefficient (Wildman–Crippen LogP) is 4.60. The number of hydrogen-bond donors (Lipinski definition) is 1. The molecule has 194 valence electrons. The van der Waals surface area contributed by atoms with Crippen molar-refractivity contribution in [3.8, 4) is 0 Å². The number of hydrogen-bond acceptors (Lipinski definition) is 4. The van der Waals surface area contributed by atoms with Crippen molar-refractivity contribution in [2.45, 2.75) is 69.0 Å². The van der Waals surface area contributed by atoms with Gasteiger partial charge in [0, 0.05) is 30.9 Å². The Morgan fingerprint density at radius 1 is 1.00 bits per heavy atom. The van der Waals surface area contributed by atoms with Gasteiger partial charge in [0.2, 0.25) is 11.8 Å². The topological polar surface area (TPSA) is 86.8 Å². The van der Waals surface area contributed by atoms with Crippen molar-refractivity contribution in [1.82, 2.24) is 10.2 Å². The first-order valence-corrected chi connectivity index (χ1v) is 14.5. The van der Waals surface area contributed by atoms with E-state index >= 15 is 0 Å². The summed E-state index contributed by atoms with van der Waals surface area (Å²) in [4.78, 5) is 28.4. The molecule has 0 bridgehead atoms. The molecule has 2 amide bonds. The second-order valence-corrected chi connectivity index (χ2v) is 11.8. The van der Waals surface area contributed by atoms with Crippen LogP contribution in [0.25, 0.3) is 10.8 Å². The number of nitrogens with zero attached hydrogens (tertiary/aromatic N) is 2. The zero-order valence-corrected chi connectivity index (χ0v) is 21.9. The zero-order chi connectivity index (χ0) is 26.0. The Morgan fingerprint density at radius 3 is 2.43 bits per heavy atom. The molecule has 0 aromatic heterocycles. The molecule has 8 heteroatoms. The second-order valence-electron chi connectivity index (χ2n) is 9.99. The molecule has 1 atom stereocenters. The van der Waals surface area contributed by atoms with Gasteiger partial charge in [-0.1, -0.05) is 67.4 Å². The number of carbonyl (C=O) groups excluding carboxylic acids is 2. The van der Waals surface area contributed by atoms with E-state index in [4.69, 9.17) is 0 Å². The van der Waals surface area contributed by atoms with Crippen LogP contribution in [0.1, 0.15) is 51.0 Å². The average Bonchev–Trinajstić information content (AvgIpc) is 3.49. The summed E-state index contributed by atoms with van der Waals surface area (Å²) in [5, 5.41) is 4.73. The third-order valence-electron chi connectivity index (χ3n) is 7.50. The highest BCUT2D eigenvalue weighted by atomic mass is 32.2. The van der Waals surface area contributed by atoms with Gasteiger partial charge in [-0.2, -0.15) is 0 Å². The van der Waals surface area contributed by atoms with E-state index in [1.54, 1.807) is 24.0 Å². The summed E-state index contributed by atoms with van der Waals surface area (Å²) in [5.74, 6) is -0.300. The van der Waals surface area contributed by atoms with Crippen LogP contribution >= 0.6 is 0 Å². The molecule has 3 aromatic carbocycles. The molecular weight excluding hydrogens is 486 g/mol. The normalized spacial score (nSPS) is 17.2. The van der Waals surface area contributed by atoms with Gasteiger partial charge in [0.05, 0.1) is 10.6 Å². The summed E-state index contributed by atoms with van der Waals surface area (Å²) in [5.41, 5.74) is 1.60. The molecule has 1 saturated carbocycles. The van der Waals surface area contributed by atoms with E-state index in [1.165, 1.54) is 4.31 Å². The predicted molar refractivity (Wildman–Crippen MR) is 145 cm³/mol. The summed E-state index contributed by atoms with van der Waals surface area (Å²) in [6, 6.07) is 20.1. The lowest BCUT2D eigenvalue weighted by molar-refractivity contribution is -0.141. The summed E-state index contributed by atoms with van der Waals surface area (Å²) in [7, 11) is -3.66. The molecular formula is C29H33N3O4S. The summed E-state index contributed by atoms with van der Waals surface area (Å²) in [6.07, 6.45) is 4.68. The molecule has 3 aromatic rings. The van der Waals surface area contributed by atoms with Crippen LogP contribution in [0.5, 0.6) is 0 Å². The Bertz CT molecular complexity index is 1400. The summed E-state index contributed by atoms with van der Waals surface area (Å²) in [6.45, 7) is 2.29. The third kappa shape index (κ3) is 5.07. The van der Waals surface area contributed by atoms with E-state index in [9.17, 15) is 18.0 Å². The molecule has 0 radical (unpaired) electrons. The molecule has 0 saturated heterocycles. The SMILES string of the molecule is C[C@@H](C(=O)NC1CCCC1)N(Cc1ccccc1)C(=O)CCCN1c2cccc3cccc(c23)S1(=O)=O. The van der Waals surface area contributed by atoms with E-state index in [0.29, 0.717) is 23.5 Å². The van der Waals surface area contributed by atoms with Crippen molar-refractivity contribution >= 4 is 38.3 Å². The highest BCUT2D eigenvalue weighted by molar-refractivity contribution is 7.93. The van der Waals surface area contributed by atoms with Gasteiger partial charge in [0.15, 0.2) is 0 Å². The third-order valence-corrected chi connectivity index (χ3v) is 9.35. The second kappa shape index (κ2) is 10.5. The van der Waals surface area contributed by atoms with Gasteiger partial charge in [0.1, 0.15) is 6.04 Å². The molecule has 2 aliphatic rings. The Hall–Kier alpha value is -3.39. The molecule has 37 heavy (non-hydrogen) atoms. The van der Waals surface area contributed by atoms with Crippen molar-refractivity contribution in [2.24, 2.45) is 0 Å². The smallest absolute Gasteiger partial charge is 0.265 e. The van der Waals surface area contributed by atoms with Crippen molar-refractivity contribution in [2.75, 3.05) is 10.8 Å². The van der Waals surface area contributed by atoms with E-state index in [0.717, 1.165) is 42.0 Å². The molecule has 1 heterocycles. The minimum Gasteiger partial charge on any atom is -0.352 e. The summed E-state index contributed by atoms with van der Waals surface area (Å²) < 4.78 is 27.9. The minimum atomic E-state index is -3.66. The first kappa shape index (κ1) is 25.3. The molecule has 0 spiro atoms. The number of sulfonamides is 1. The van der Waals surface area contributed by atoms with Crippen LogP contribution in [0.2, 0.25) is 0 Å². The fourth-order valence-electron chi connectivity index (χ4n) is 5.47. The van der Waals surface area contributed by atoms with E-state index in [-0.39, 0.29) is 30.8 Å². The molecule has 1 aliphatic heterocycles. The Morgan fingerprint density at radius 2 is 1.70 bits per heavy atom. The monoisotopic (exact) mass is 519 g/mol. The number of amides is 2. The number of rotatable bonds is 9. The molecule has 1 aliphatic carbocycles. The van der Waals surface area contributed by atoms with Crippen molar-refractivity contribution < 1.29 is 18.0 Å². The fourth-order valence-corrected chi connectivity index (χ4v) is 7.22. The van der Waals surface area contributed by atoms with Gasteiger partial charge >= 0.3 is 0 Å². The fraction of sp³-hybridized carbons (Fsp3) is 0.379. The molecule has 1 N–H and O–H groups in total. The van der Waals surface area contributed by atoms with Crippen LogP contribution in [0.15, 0.2) is 71.6 Å². The van der Waals surface area contributed by atoms with Gasteiger partial charge < -0.3 is 10.2 Å². The van der Waals surface area contributed by atoms with Crippen LogP contribution in [0.4, 0.5) is 5.69 Å². The quantitative estimate of drug-likeness (QED) is 0.448. The first-order chi connectivity index (χ1) is 17.9. The van der Waals surface area contributed by atoms with Gasteiger partial charge in [-0.25, -0.2) is 8.42 Å². The van der Waals surface area contributed by atoms with Crippen LogP contribution in [-0.2, 0) is 26.2 Å². The maximum atomic E-state index is 13.5. The van der Waals surface area contributed by atoms with Crippen molar-refractivity contribution in [1.29, 1.82) is 0 Å². The summed E-state index contributed by atoms with van der Waals surface area (Å²) >= 11 is 0. The minimum absolute atomic E-state index is 0.138. The van der Waals surface area contributed by atoms with Crippen LogP contribution in [0.3, 0.4) is 0 Å². The van der Waals surface area contributed by atoms with Gasteiger partial charge in [-0.3, -0.25) is 13.9 Å². The van der Waals surface area contributed by atoms with E-state index in [1.807, 2.05) is 54.6 Å². The number of anilines is 1. The maximum absolute atomic E-state index is 13.5. The standard InChI is InChI=1S/C29H33N3O4S/c1-21(29(34)30-24-14-5-6-15-24)31(20-22-10-3-2-4-11-22)27(33)18-9-19-32-25-16-7-12-23-13-8-17-26(28(23)25)37(32,35)36/h2-4,7-8,10-13,16-17,21,24H,5-6,9,14-15,18-20H2,1H3,(H,30,34)/t21-/m0/s1. The van der Waals surface area contributed by atoms with Crippen molar-refractivity contribution in [3.63, 3.8) is 0 Å². The Kier molecular flexibility index (Phi) is 7.20. The van der Waals surface area contributed by atoms with Crippen LogP contribution in [0, 0.1) is 0 Å². The lowest BCUT2D eigenvalue weighted by Gasteiger charge is -2.30. The number of nitrogens with one attached hydrogen (secondary N) is 1. The Labute approximate surface area is 218 Å². The first-order valence-electron chi connectivity index (χ1n) is 13.0. The van der Waals surface area contributed by atoms with E-state index < -0.39 is 16.1 Å². The highest BCUT2D eigenvalue weighted by Gasteiger charge is 2.35. The molecule has 7 nitrogen and oxygen atoms in total. The average molecular weight is 520 g/mol. The number of benzene rings is 3. The molecule has 1 fully saturated rings. The molecule has 5 rings (SSSR count).